The van der Waals surface area contributed by atoms with E-state index >= 15 is 4.39 Å². The Morgan fingerprint density at radius 3 is 2.40 bits per heavy atom. The minimum Gasteiger partial charge on any atom is -0.477 e. The fourth-order valence-electron chi connectivity index (χ4n) is 5.48. The lowest BCUT2D eigenvalue weighted by molar-refractivity contribution is 0.0695. The lowest BCUT2D eigenvalue weighted by Crippen LogP contribution is -2.49. The fraction of sp³-hybridized carbons (Fsp3) is 0.355. The number of rotatable bonds is 4. The molecule has 5 heterocycles. The van der Waals surface area contributed by atoms with E-state index in [1.807, 2.05) is 34.6 Å². The highest BCUT2D eigenvalue weighted by Gasteiger charge is 2.27. The van der Waals surface area contributed by atoms with Gasteiger partial charge >= 0.3 is 5.97 Å². The number of carbonyl (C=O) groups is 1. The van der Waals surface area contributed by atoms with Gasteiger partial charge in [-0.3, -0.25) is 14.2 Å². The normalized spacial score (nSPS) is 14.1. The lowest BCUT2D eigenvalue weighted by Gasteiger charge is -2.35. The smallest absolute Gasteiger partial charge is 0.341 e. The van der Waals surface area contributed by atoms with Crippen LogP contribution in [0, 0.1) is 11.6 Å². The number of carboxylic acid groups (broad SMARTS) is 1. The van der Waals surface area contributed by atoms with Crippen LogP contribution in [-0.4, -0.2) is 63.3 Å². The Labute approximate surface area is 257 Å². The number of aromatic carboxylic acids is 1. The van der Waals surface area contributed by atoms with Crippen LogP contribution in [0.2, 0.25) is 0 Å². The maximum Gasteiger partial charge on any atom is 0.341 e. The first-order chi connectivity index (χ1) is 20.7. The van der Waals surface area contributed by atoms with Crippen molar-refractivity contribution >= 4 is 50.3 Å². The molecule has 0 amide bonds. The molecule has 0 spiro atoms. The van der Waals surface area contributed by atoms with E-state index in [4.69, 9.17) is 0 Å². The molecule has 1 aromatic carbocycles. The molecule has 14 heteroatoms. The molecule has 0 radical (unpaired) electrons. The fourth-order valence-corrected chi connectivity index (χ4v) is 5.48. The molecule has 5 aromatic rings. The Kier molecular flexibility index (Phi) is 12.0. The number of aryl methyl sites for hydroxylation is 1. The molecule has 1 saturated heterocycles. The zero-order valence-electron chi connectivity index (χ0n) is 26.2. The molecule has 0 unspecified atom stereocenters. The van der Waals surface area contributed by atoms with Gasteiger partial charge in [0, 0.05) is 75.6 Å². The van der Waals surface area contributed by atoms with Crippen molar-refractivity contribution in [3.8, 4) is 11.1 Å². The number of nitrogens with one attached hydrogen (secondary N) is 3. The van der Waals surface area contributed by atoms with E-state index in [-0.39, 0.29) is 31.8 Å². The molecule has 4 aromatic heterocycles. The third-order valence-corrected chi connectivity index (χ3v) is 7.27. The van der Waals surface area contributed by atoms with Crippen molar-refractivity contribution in [1.29, 1.82) is 0 Å². The van der Waals surface area contributed by atoms with Crippen LogP contribution in [-0.2, 0) is 7.05 Å². The van der Waals surface area contributed by atoms with E-state index in [2.05, 4.69) is 30.5 Å². The minimum atomic E-state index is -1.34. The Hall–Kier alpha value is -4.72. The van der Waals surface area contributed by atoms with Crippen molar-refractivity contribution in [3.63, 3.8) is 0 Å². The van der Waals surface area contributed by atoms with Crippen LogP contribution in [0.25, 0.3) is 44.1 Å². The molecule has 0 aliphatic carbocycles. The Morgan fingerprint density at radius 2 is 1.78 bits per heavy atom. The van der Waals surface area contributed by atoms with Crippen molar-refractivity contribution < 1.29 is 28.1 Å². The molecule has 1 aliphatic rings. The number of fused-ring (bicyclic) bond motifs is 4. The van der Waals surface area contributed by atoms with Gasteiger partial charge in [-0.05, 0) is 13.0 Å². The van der Waals surface area contributed by atoms with Gasteiger partial charge in [0.2, 0.25) is 5.43 Å². The Bertz CT molecular complexity index is 1890. The van der Waals surface area contributed by atoms with Crippen LogP contribution < -0.4 is 21.0 Å². The second-order valence-corrected chi connectivity index (χ2v) is 9.77. The lowest BCUT2D eigenvalue weighted by atomic mass is 10.00. The number of halogens is 4. The molecule has 1 fully saturated rings. The number of carboxylic acids is 1. The van der Waals surface area contributed by atoms with Crippen molar-refractivity contribution in [3.05, 3.63) is 58.1 Å². The molecule has 10 nitrogen and oxygen atoms in total. The number of benzene rings is 1. The second-order valence-electron chi connectivity index (χ2n) is 9.77. The maximum atomic E-state index is 15.5. The van der Waals surface area contributed by atoms with Crippen LogP contribution in [0.15, 0.2) is 35.5 Å². The molecule has 0 bridgehead atoms. The number of H-pyrrole nitrogens is 1. The minimum absolute atomic E-state index is 0. The summed E-state index contributed by atoms with van der Waals surface area (Å²) in [5.74, 6) is -3.32. The van der Waals surface area contributed by atoms with Crippen molar-refractivity contribution in [1.82, 2.24) is 24.8 Å². The zero-order chi connectivity index (χ0) is 31.6. The average Bonchev–Trinajstić information content (AvgIpc) is 3.42. The number of pyridine rings is 3. The third-order valence-electron chi connectivity index (χ3n) is 7.27. The summed E-state index contributed by atoms with van der Waals surface area (Å²) < 4.78 is 31.7. The predicted molar refractivity (Wildman–Crippen MR) is 173 cm³/mol. The number of hydrogen-bond acceptors (Lipinski definition) is 7. The van der Waals surface area contributed by atoms with Gasteiger partial charge in [-0.2, -0.15) is 0 Å². The van der Waals surface area contributed by atoms with Gasteiger partial charge in [0.1, 0.15) is 16.9 Å². The quantitative estimate of drug-likeness (QED) is 0.183. The van der Waals surface area contributed by atoms with Crippen molar-refractivity contribution in [2.45, 2.75) is 40.7 Å². The summed E-state index contributed by atoms with van der Waals surface area (Å²) in [7, 11) is 3.24. The highest BCUT2D eigenvalue weighted by molar-refractivity contribution is 6.18. The molecule has 6 rings (SSSR count). The van der Waals surface area contributed by atoms with Gasteiger partial charge in [-0.15, -0.1) is 0 Å². The van der Waals surface area contributed by atoms with Crippen LogP contribution in [0.1, 0.15) is 45.0 Å². The summed E-state index contributed by atoms with van der Waals surface area (Å²) in [4.78, 5) is 39.0. The monoisotopic (exact) mass is 633 g/mol. The van der Waals surface area contributed by atoms with Gasteiger partial charge in [0.05, 0.1) is 33.1 Å². The molecule has 1 atom stereocenters. The molecule has 0 saturated carbocycles. The summed E-state index contributed by atoms with van der Waals surface area (Å²) in [6.07, 6.45) is 4.43. The first kappa shape index (κ1) is 36.5. The topological polar surface area (TPSA) is 128 Å². The molecule has 244 valence electrons. The average molecular weight is 634 g/mol. The molecule has 1 aliphatic heterocycles. The van der Waals surface area contributed by atoms with Crippen molar-refractivity contribution in [2.75, 3.05) is 36.9 Å². The van der Waals surface area contributed by atoms with E-state index in [0.29, 0.717) is 64.3 Å². The first-order valence-corrected chi connectivity index (χ1v) is 14.4. The van der Waals surface area contributed by atoms with Crippen LogP contribution in [0.3, 0.4) is 0 Å². The SMILES string of the molecule is CC.CC.CNc1cc(F)c(F)c2c1[nH]c1ncc(-c3cnc4c(c3)c(=O)c(C(=O)O)cn4C)c(N3CCN[C@@H](C)C3)c12.F.F. The van der Waals surface area contributed by atoms with Gasteiger partial charge in [-0.25, -0.2) is 23.5 Å². The summed E-state index contributed by atoms with van der Waals surface area (Å²) in [5.41, 5.74) is 2.13. The van der Waals surface area contributed by atoms with E-state index in [1.165, 1.54) is 10.8 Å². The van der Waals surface area contributed by atoms with Crippen LogP contribution in [0.4, 0.5) is 29.6 Å². The third kappa shape index (κ3) is 6.27. The van der Waals surface area contributed by atoms with Gasteiger partial charge < -0.3 is 30.2 Å². The molecule has 4 N–H and O–H groups in total. The summed E-state index contributed by atoms with van der Waals surface area (Å²) in [6.45, 7) is 11.9. The highest BCUT2D eigenvalue weighted by Crippen LogP contribution is 2.43. The van der Waals surface area contributed by atoms with E-state index in [9.17, 15) is 19.1 Å². The Balaban J connectivity index is 0.00000113. The summed E-state index contributed by atoms with van der Waals surface area (Å²) in [5, 5.41) is 16.4. The van der Waals surface area contributed by atoms with Gasteiger partial charge in [0.15, 0.2) is 11.6 Å². The number of aromatic nitrogens is 4. The summed E-state index contributed by atoms with van der Waals surface area (Å²) in [6, 6.07) is 2.80. The summed E-state index contributed by atoms with van der Waals surface area (Å²) >= 11 is 0. The predicted octanol–water partition coefficient (Wildman–Crippen LogP) is 5.80. The zero-order valence-corrected chi connectivity index (χ0v) is 26.2. The number of nitrogens with zero attached hydrogens (tertiary/aromatic N) is 4. The molecular weight excluding hydrogens is 594 g/mol. The number of hydrogen-bond donors (Lipinski definition) is 4. The van der Waals surface area contributed by atoms with E-state index in [0.717, 1.165) is 6.07 Å². The van der Waals surface area contributed by atoms with Crippen LogP contribution in [0.5, 0.6) is 0 Å². The molecular formula is C31H39F4N7O3. The largest absolute Gasteiger partial charge is 0.477 e. The van der Waals surface area contributed by atoms with E-state index in [1.54, 1.807) is 32.6 Å². The first-order valence-electron chi connectivity index (χ1n) is 14.4. The molecule has 45 heavy (non-hydrogen) atoms. The highest BCUT2D eigenvalue weighted by atomic mass is 19.2. The second kappa shape index (κ2) is 14.8. The van der Waals surface area contributed by atoms with E-state index < -0.39 is 23.0 Å². The Morgan fingerprint density at radius 1 is 1.09 bits per heavy atom. The standard InChI is InChI=1S/C27H25F2N7O3.2C2H6.2FH/c1-12-10-36(5-4-31-12)23-15(13-6-14-24(37)16(27(38)39)11-35(3)26(14)33-8-13)9-32-25-20(23)19-21(29)17(28)7-18(30-2)22(19)34-25;2*1-2;;/h6-9,11-12,30-31H,4-5,10H2,1-3H3,(H,32,34)(H,38,39);2*1-2H3;2*1H/t12-;;;;/m0..../s1. The van der Waals surface area contributed by atoms with Crippen molar-refractivity contribution in [2.24, 2.45) is 7.05 Å². The number of aromatic amines is 1. The van der Waals surface area contributed by atoms with Gasteiger partial charge in [-0.1, -0.05) is 27.7 Å². The number of piperazine rings is 1. The van der Waals surface area contributed by atoms with Gasteiger partial charge in [0.25, 0.3) is 0 Å². The number of anilines is 2. The maximum absolute atomic E-state index is 15.5. The van der Waals surface area contributed by atoms with Crippen LogP contribution >= 0.6 is 0 Å².